The van der Waals surface area contributed by atoms with Gasteiger partial charge in [-0.25, -0.2) is 4.79 Å². The summed E-state index contributed by atoms with van der Waals surface area (Å²) in [5, 5.41) is 0. The highest BCUT2D eigenvalue weighted by molar-refractivity contribution is 6.04. The van der Waals surface area contributed by atoms with Crippen LogP contribution in [0.25, 0.3) is 0 Å². The van der Waals surface area contributed by atoms with Crippen molar-refractivity contribution in [3.05, 3.63) is 22.5 Å². The molecule has 0 radical (unpaired) electrons. The maximum Gasteiger partial charge on any atom is 0.354 e. The van der Waals surface area contributed by atoms with Crippen LogP contribution in [0, 0.1) is 19.8 Å². The monoisotopic (exact) mass is 404 g/mol. The van der Waals surface area contributed by atoms with Crippen LogP contribution in [0.4, 0.5) is 0 Å². The number of esters is 1. The van der Waals surface area contributed by atoms with Gasteiger partial charge in [0.05, 0.1) is 19.8 Å². The first-order valence-electron chi connectivity index (χ1n) is 10.5. The molecule has 1 saturated heterocycles. The predicted molar refractivity (Wildman–Crippen MR) is 108 cm³/mol. The SMILES string of the molecule is COC(=O)c1c(C)c(C(=O)CN(CC2CCCO2)C(=O)C2CCCC2)c(C)n1C. The summed E-state index contributed by atoms with van der Waals surface area (Å²) < 4.78 is 12.3. The zero-order valence-electron chi connectivity index (χ0n) is 18.0. The van der Waals surface area contributed by atoms with Gasteiger partial charge in [-0.05, 0) is 45.1 Å². The molecule has 7 nitrogen and oxygen atoms in total. The molecular weight excluding hydrogens is 372 g/mol. The van der Waals surface area contributed by atoms with Crippen LogP contribution < -0.4 is 0 Å². The van der Waals surface area contributed by atoms with Gasteiger partial charge >= 0.3 is 5.97 Å². The first kappa shape index (κ1) is 21.6. The van der Waals surface area contributed by atoms with Crippen LogP contribution in [0.2, 0.25) is 0 Å². The molecule has 1 aromatic heterocycles. The molecule has 1 unspecified atom stereocenters. The van der Waals surface area contributed by atoms with Gasteiger partial charge in [0.1, 0.15) is 5.69 Å². The van der Waals surface area contributed by atoms with E-state index in [9.17, 15) is 14.4 Å². The summed E-state index contributed by atoms with van der Waals surface area (Å²) in [5.74, 6) is -0.543. The number of rotatable bonds is 7. The zero-order chi connectivity index (χ0) is 21.1. The average molecular weight is 405 g/mol. The van der Waals surface area contributed by atoms with E-state index in [2.05, 4.69) is 0 Å². The maximum atomic E-state index is 13.3. The second-order valence-corrected chi connectivity index (χ2v) is 8.24. The molecule has 1 aromatic rings. The van der Waals surface area contributed by atoms with Crippen LogP contribution >= 0.6 is 0 Å². The van der Waals surface area contributed by atoms with Gasteiger partial charge in [-0.2, -0.15) is 0 Å². The lowest BCUT2D eigenvalue weighted by Gasteiger charge is -2.27. The van der Waals surface area contributed by atoms with E-state index in [1.165, 1.54) is 7.11 Å². The van der Waals surface area contributed by atoms with Crippen LogP contribution in [-0.4, -0.2) is 60.0 Å². The Hall–Kier alpha value is -2.15. The van der Waals surface area contributed by atoms with Crippen molar-refractivity contribution in [3.63, 3.8) is 0 Å². The van der Waals surface area contributed by atoms with Gasteiger partial charge in [0, 0.05) is 37.4 Å². The quantitative estimate of drug-likeness (QED) is 0.516. The number of ether oxygens (including phenoxy) is 2. The Morgan fingerprint density at radius 1 is 1.14 bits per heavy atom. The number of aromatic nitrogens is 1. The molecule has 2 fully saturated rings. The van der Waals surface area contributed by atoms with Crippen molar-refractivity contribution in [1.29, 1.82) is 0 Å². The lowest BCUT2D eigenvalue weighted by molar-refractivity contribution is -0.136. The molecule has 0 bridgehead atoms. The Balaban J connectivity index is 1.84. The molecule has 1 aliphatic carbocycles. The molecule has 1 saturated carbocycles. The number of ketones is 1. The third kappa shape index (κ3) is 4.39. The summed E-state index contributed by atoms with van der Waals surface area (Å²) in [6.07, 6.45) is 5.82. The normalized spacial score (nSPS) is 19.5. The molecule has 0 aromatic carbocycles. The van der Waals surface area contributed by atoms with Crippen molar-refractivity contribution in [2.24, 2.45) is 13.0 Å². The van der Waals surface area contributed by atoms with Crippen molar-refractivity contribution < 1.29 is 23.9 Å². The zero-order valence-corrected chi connectivity index (χ0v) is 18.0. The van der Waals surface area contributed by atoms with E-state index in [-0.39, 0.29) is 30.3 Å². The highest BCUT2D eigenvalue weighted by Crippen LogP contribution is 2.28. The standard InChI is InChI=1S/C22H32N2O5/c1-14-19(15(2)23(3)20(14)22(27)28-4)18(25)13-24(12-17-10-7-11-29-17)21(26)16-8-5-6-9-16/h16-17H,5-13H2,1-4H3. The Morgan fingerprint density at radius 2 is 1.83 bits per heavy atom. The molecule has 160 valence electrons. The summed E-state index contributed by atoms with van der Waals surface area (Å²) in [6.45, 7) is 4.76. The number of Topliss-reactive ketones (excluding diaryl/α,β-unsaturated/α-hetero) is 1. The molecule has 2 aliphatic rings. The van der Waals surface area contributed by atoms with Gasteiger partial charge in [0.2, 0.25) is 5.91 Å². The summed E-state index contributed by atoms with van der Waals surface area (Å²) >= 11 is 0. The highest BCUT2D eigenvalue weighted by Gasteiger charge is 2.33. The largest absolute Gasteiger partial charge is 0.464 e. The molecule has 0 spiro atoms. The van der Waals surface area contributed by atoms with Gasteiger partial charge in [0.15, 0.2) is 5.78 Å². The third-order valence-electron chi connectivity index (χ3n) is 6.39. The summed E-state index contributed by atoms with van der Waals surface area (Å²) in [7, 11) is 3.08. The van der Waals surface area contributed by atoms with Crippen LogP contribution in [0.3, 0.4) is 0 Å². The number of carbonyl (C=O) groups excluding carboxylic acids is 3. The minimum Gasteiger partial charge on any atom is -0.464 e. The van der Waals surface area contributed by atoms with E-state index in [4.69, 9.17) is 9.47 Å². The molecule has 0 N–H and O–H groups in total. The molecule has 3 rings (SSSR count). The van der Waals surface area contributed by atoms with Crippen molar-refractivity contribution in [2.75, 3.05) is 26.8 Å². The lowest BCUT2D eigenvalue weighted by Crippen LogP contribution is -2.43. The van der Waals surface area contributed by atoms with Crippen molar-refractivity contribution in [3.8, 4) is 0 Å². The molecule has 1 atom stereocenters. The van der Waals surface area contributed by atoms with Crippen LogP contribution in [-0.2, 0) is 21.3 Å². The lowest BCUT2D eigenvalue weighted by atomic mass is 10.0. The van der Waals surface area contributed by atoms with E-state index >= 15 is 0 Å². The van der Waals surface area contributed by atoms with E-state index in [0.717, 1.165) is 38.5 Å². The Kier molecular flexibility index (Phi) is 6.77. The number of amides is 1. The van der Waals surface area contributed by atoms with Crippen molar-refractivity contribution in [2.45, 2.75) is 58.5 Å². The number of nitrogens with zero attached hydrogens (tertiary/aromatic N) is 2. The summed E-state index contributed by atoms with van der Waals surface area (Å²) in [6, 6.07) is 0. The van der Waals surface area contributed by atoms with Gasteiger partial charge in [-0.15, -0.1) is 0 Å². The second-order valence-electron chi connectivity index (χ2n) is 8.24. The summed E-state index contributed by atoms with van der Waals surface area (Å²) in [5.41, 5.74) is 2.19. The molecule has 7 heteroatoms. The number of hydrogen-bond donors (Lipinski definition) is 0. The second kappa shape index (κ2) is 9.11. The van der Waals surface area contributed by atoms with E-state index < -0.39 is 5.97 Å². The van der Waals surface area contributed by atoms with E-state index in [1.54, 1.807) is 23.4 Å². The smallest absolute Gasteiger partial charge is 0.354 e. The Bertz CT molecular complexity index is 786. The van der Waals surface area contributed by atoms with Crippen molar-refractivity contribution in [1.82, 2.24) is 9.47 Å². The Labute approximate surface area is 172 Å². The minimum absolute atomic E-state index is 0.00301. The van der Waals surface area contributed by atoms with Gasteiger partial charge in [-0.3, -0.25) is 9.59 Å². The van der Waals surface area contributed by atoms with E-state index in [1.807, 2.05) is 6.92 Å². The fourth-order valence-corrected chi connectivity index (χ4v) is 4.72. The molecule has 1 aliphatic heterocycles. The fourth-order valence-electron chi connectivity index (χ4n) is 4.72. The van der Waals surface area contributed by atoms with Crippen LogP contribution in [0.1, 0.15) is 70.6 Å². The topological polar surface area (TPSA) is 77.8 Å². The first-order chi connectivity index (χ1) is 13.8. The minimum atomic E-state index is -0.467. The van der Waals surface area contributed by atoms with Gasteiger partial charge in [0.25, 0.3) is 0 Å². The fraction of sp³-hybridized carbons (Fsp3) is 0.682. The van der Waals surface area contributed by atoms with Gasteiger partial charge in [-0.1, -0.05) is 12.8 Å². The third-order valence-corrected chi connectivity index (χ3v) is 6.39. The predicted octanol–water partition coefficient (Wildman–Crippen LogP) is 2.81. The van der Waals surface area contributed by atoms with Crippen LogP contribution in [0.5, 0.6) is 0 Å². The Morgan fingerprint density at radius 3 is 2.41 bits per heavy atom. The molecular formula is C22H32N2O5. The van der Waals surface area contributed by atoms with Crippen molar-refractivity contribution >= 4 is 17.7 Å². The van der Waals surface area contributed by atoms with E-state index in [0.29, 0.717) is 35.7 Å². The number of methoxy groups -OCH3 is 1. The van der Waals surface area contributed by atoms with Gasteiger partial charge < -0.3 is 18.9 Å². The summed E-state index contributed by atoms with van der Waals surface area (Å²) in [4.78, 5) is 40.2. The average Bonchev–Trinajstić information content (AvgIpc) is 3.43. The maximum absolute atomic E-state index is 13.3. The molecule has 2 heterocycles. The van der Waals surface area contributed by atoms with Crippen LogP contribution in [0.15, 0.2) is 0 Å². The number of hydrogen-bond acceptors (Lipinski definition) is 5. The highest BCUT2D eigenvalue weighted by atomic mass is 16.5. The molecule has 29 heavy (non-hydrogen) atoms. The molecule has 1 amide bonds. The number of carbonyl (C=O) groups is 3. The first-order valence-corrected chi connectivity index (χ1v) is 10.5.